The Labute approximate surface area is 130 Å². The summed E-state index contributed by atoms with van der Waals surface area (Å²) in [7, 11) is -1.65. The van der Waals surface area contributed by atoms with Crippen LogP contribution in [0.2, 0.25) is 0 Å². The van der Waals surface area contributed by atoms with E-state index in [0.29, 0.717) is 18.1 Å². The average Bonchev–Trinajstić information content (AvgIpc) is 2.54. The zero-order valence-corrected chi connectivity index (χ0v) is 13.4. The Kier molecular flexibility index (Phi) is 5.21. The SMILES string of the molecule is CCS(=O)(=O)Nc1ccc(NCc2ccccc2OC)nc1. The summed E-state index contributed by atoms with van der Waals surface area (Å²) in [6.07, 6.45) is 1.48. The summed E-state index contributed by atoms with van der Waals surface area (Å²) < 4.78 is 30.7. The van der Waals surface area contributed by atoms with E-state index in [-0.39, 0.29) is 5.75 Å². The molecule has 118 valence electrons. The molecular weight excluding hydrogens is 302 g/mol. The van der Waals surface area contributed by atoms with Crippen LogP contribution in [-0.4, -0.2) is 26.3 Å². The lowest BCUT2D eigenvalue weighted by atomic mass is 10.2. The first-order valence-corrected chi connectivity index (χ1v) is 8.51. The third-order valence-electron chi connectivity index (χ3n) is 3.07. The molecule has 0 saturated heterocycles. The summed E-state index contributed by atoms with van der Waals surface area (Å²) in [5, 5.41) is 3.17. The van der Waals surface area contributed by atoms with Crippen molar-refractivity contribution in [3.63, 3.8) is 0 Å². The van der Waals surface area contributed by atoms with E-state index in [4.69, 9.17) is 4.74 Å². The van der Waals surface area contributed by atoms with Gasteiger partial charge in [-0.1, -0.05) is 18.2 Å². The number of nitrogens with zero attached hydrogens (tertiary/aromatic N) is 1. The predicted octanol–water partition coefficient (Wildman–Crippen LogP) is 2.46. The topological polar surface area (TPSA) is 80.3 Å². The Morgan fingerprint density at radius 3 is 2.59 bits per heavy atom. The Bertz CT molecular complexity index is 715. The highest BCUT2D eigenvalue weighted by Crippen LogP contribution is 2.19. The van der Waals surface area contributed by atoms with Crippen LogP contribution in [0.25, 0.3) is 0 Å². The molecule has 22 heavy (non-hydrogen) atoms. The lowest BCUT2D eigenvalue weighted by Crippen LogP contribution is -2.14. The monoisotopic (exact) mass is 321 g/mol. The number of rotatable bonds is 7. The molecule has 2 aromatic rings. The molecule has 1 heterocycles. The fourth-order valence-corrected chi connectivity index (χ4v) is 2.47. The van der Waals surface area contributed by atoms with Crippen molar-refractivity contribution in [1.29, 1.82) is 0 Å². The Morgan fingerprint density at radius 1 is 1.18 bits per heavy atom. The zero-order valence-electron chi connectivity index (χ0n) is 12.5. The van der Waals surface area contributed by atoms with Crippen LogP contribution >= 0.6 is 0 Å². The van der Waals surface area contributed by atoms with Gasteiger partial charge in [0.25, 0.3) is 0 Å². The van der Waals surface area contributed by atoms with Crippen molar-refractivity contribution in [2.45, 2.75) is 13.5 Å². The molecule has 2 N–H and O–H groups in total. The van der Waals surface area contributed by atoms with Crippen LogP contribution in [0.3, 0.4) is 0 Å². The third-order valence-corrected chi connectivity index (χ3v) is 4.38. The average molecular weight is 321 g/mol. The molecule has 0 aliphatic heterocycles. The van der Waals surface area contributed by atoms with Crippen LogP contribution in [0, 0.1) is 0 Å². The number of para-hydroxylation sites is 1. The minimum Gasteiger partial charge on any atom is -0.496 e. The molecule has 0 aliphatic rings. The lowest BCUT2D eigenvalue weighted by molar-refractivity contribution is 0.410. The lowest BCUT2D eigenvalue weighted by Gasteiger charge is -2.10. The van der Waals surface area contributed by atoms with Gasteiger partial charge in [-0.25, -0.2) is 13.4 Å². The second-order valence-electron chi connectivity index (χ2n) is 4.60. The molecule has 0 saturated carbocycles. The molecule has 1 aromatic carbocycles. The smallest absolute Gasteiger partial charge is 0.232 e. The number of ether oxygens (including phenoxy) is 1. The summed E-state index contributed by atoms with van der Waals surface area (Å²) in [4.78, 5) is 4.19. The maximum Gasteiger partial charge on any atom is 0.232 e. The van der Waals surface area contributed by atoms with E-state index in [0.717, 1.165) is 11.3 Å². The summed E-state index contributed by atoms with van der Waals surface area (Å²) in [5.74, 6) is 1.49. The van der Waals surface area contributed by atoms with Gasteiger partial charge >= 0.3 is 0 Å². The van der Waals surface area contributed by atoms with Crippen molar-refractivity contribution in [2.75, 3.05) is 22.9 Å². The maximum absolute atomic E-state index is 11.5. The van der Waals surface area contributed by atoms with Crippen molar-refractivity contribution < 1.29 is 13.2 Å². The first kappa shape index (κ1) is 16.1. The standard InChI is InChI=1S/C15H19N3O3S/c1-3-22(19,20)18-13-8-9-15(17-11-13)16-10-12-6-4-5-7-14(12)21-2/h4-9,11,18H,3,10H2,1-2H3,(H,16,17). The summed E-state index contributed by atoms with van der Waals surface area (Å²) >= 11 is 0. The number of aromatic nitrogens is 1. The van der Waals surface area contributed by atoms with E-state index < -0.39 is 10.0 Å². The van der Waals surface area contributed by atoms with Crippen LogP contribution in [-0.2, 0) is 16.6 Å². The number of benzene rings is 1. The van der Waals surface area contributed by atoms with Crippen LogP contribution in [0.1, 0.15) is 12.5 Å². The van der Waals surface area contributed by atoms with Gasteiger partial charge in [-0.05, 0) is 25.1 Å². The molecule has 0 bridgehead atoms. The van der Waals surface area contributed by atoms with E-state index in [9.17, 15) is 8.42 Å². The molecule has 0 radical (unpaired) electrons. The third kappa shape index (κ3) is 4.36. The summed E-state index contributed by atoms with van der Waals surface area (Å²) in [5.41, 5.74) is 1.47. The molecule has 6 nitrogen and oxygen atoms in total. The second kappa shape index (κ2) is 7.13. The first-order valence-electron chi connectivity index (χ1n) is 6.86. The first-order chi connectivity index (χ1) is 10.5. The van der Waals surface area contributed by atoms with Gasteiger partial charge in [0.05, 0.1) is 24.7 Å². The molecular formula is C15H19N3O3S. The van der Waals surface area contributed by atoms with E-state index >= 15 is 0 Å². The molecule has 0 amide bonds. The summed E-state index contributed by atoms with van der Waals surface area (Å²) in [6.45, 7) is 2.15. The Balaban J connectivity index is 2.00. The fourth-order valence-electron chi connectivity index (χ4n) is 1.85. The van der Waals surface area contributed by atoms with Gasteiger partial charge in [-0.2, -0.15) is 0 Å². The fraction of sp³-hybridized carbons (Fsp3) is 0.267. The van der Waals surface area contributed by atoms with Crippen molar-refractivity contribution in [3.8, 4) is 5.75 Å². The number of hydrogen-bond donors (Lipinski definition) is 2. The molecule has 0 fully saturated rings. The van der Waals surface area contributed by atoms with Gasteiger partial charge in [-0.15, -0.1) is 0 Å². The van der Waals surface area contributed by atoms with Gasteiger partial charge in [0.2, 0.25) is 10.0 Å². The van der Waals surface area contributed by atoms with Crippen molar-refractivity contribution in [2.24, 2.45) is 0 Å². The minimum atomic E-state index is -3.28. The quantitative estimate of drug-likeness (QED) is 0.819. The molecule has 2 rings (SSSR count). The van der Waals surface area contributed by atoms with Crippen LogP contribution in [0.15, 0.2) is 42.6 Å². The second-order valence-corrected chi connectivity index (χ2v) is 6.61. The molecule has 0 aliphatic carbocycles. The van der Waals surface area contributed by atoms with Crippen molar-refractivity contribution in [1.82, 2.24) is 4.98 Å². The molecule has 0 spiro atoms. The van der Waals surface area contributed by atoms with Gasteiger partial charge in [-0.3, -0.25) is 4.72 Å². The number of methoxy groups -OCH3 is 1. The van der Waals surface area contributed by atoms with E-state index in [1.54, 1.807) is 26.2 Å². The predicted molar refractivity (Wildman–Crippen MR) is 87.6 cm³/mol. The van der Waals surface area contributed by atoms with Gasteiger partial charge in [0.15, 0.2) is 0 Å². The van der Waals surface area contributed by atoms with Crippen LogP contribution in [0.4, 0.5) is 11.5 Å². The number of anilines is 2. The Hall–Kier alpha value is -2.28. The number of hydrogen-bond acceptors (Lipinski definition) is 5. The largest absolute Gasteiger partial charge is 0.496 e. The van der Waals surface area contributed by atoms with E-state index in [2.05, 4.69) is 15.0 Å². The normalized spacial score (nSPS) is 11.0. The number of pyridine rings is 1. The molecule has 7 heteroatoms. The van der Waals surface area contributed by atoms with Crippen molar-refractivity contribution in [3.05, 3.63) is 48.2 Å². The highest BCUT2D eigenvalue weighted by Gasteiger charge is 2.07. The van der Waals surface area contributed by atoms with Crippen LogP contribution < -0.4 is 14.8 Å². The van der Waals surface area contributed by atoms with Gasteiger partial charge < -0.3 is 10.1 Å². The zero-order chi connectivity index (χ0) is 16.0. The van der Waals surface area contributed by atoms with Crippen LogP contribution in [0.5, 0.6) is 5.75 Å². The Morgan fingerprint density at radius 2 is 1.95 bits per heavy atom. The number of sulfonamides is 1. The van der Waals surface area contributed by atoms with E-state index in [1.807, 2.05) is 24.3 Å². The van der Waals surface area contributed by atoms with E-state index in [1.165, 1.54) is 6.20 Å². The number of nitrogens with one attached hydrogen (secondary N) is 2. The molecule has 0 unspecified atom stereocenters. The maximum atomic E-state index is 11.5. The molecule has 0 atom stereocenters. The van der Waals surface area contributed by atoms with Crippen molar-refractivity contribution >= 4 is 21.5 Å². The summed E-state index contributed by atoms with van der Waals surface area (Å²) in [6, 6.07) is 11.1. The highest BCUT2D eigenvalue weighted by molar-refractivity contribution is 7.92. The van der Waals surface area contributed by atoms with Gasteiger partial charge in [0.1, 0.15) is 11.6 Å². The highest BCUT2D eigenvalue weighted by atomic mass is 32.2. The minimum absolute atomic E-state index is 0.0286. The molecule has 1 aromatic heterocycles. The van der Waals surface area contributed by atoms with Gasteiger partial charge in [0, 0.05) is 12.1 Å².